The molecule has 4 heteroatoms. The van der Waals surface area contributed by atoms with Crippen molar-refractivity contribution < 1.29 is 14.3 Å². The predicted octanol–water partition coefficient (Wildman–Crippen LogP) is 2.12. The van der Waals surface area contributed by atoms with Gasteiger partial charge >= 0.3 is 5.97 Å². The van der Waals surface area contributed by atoms with Crippen molar-refractivity contribution in [3.05, 3.63) is 24.2 Å². The fraction of sp³-hybridized carbons (Fsp3) is 0.375. The summed E-state index contributed by atoms with van der Waals surface area (Å²) >= 11 is 4.20. The third-order valence-electron chi connectivity index (χ3n) is 1.50. The van der Waals surface area contributed by atoms with E-state index in [9.17, 15) is 4.79 Å². The molecule has 12 heavy (non-hydrogen) atoms. The highest BCUT2D eigenvalue weighted by molar-refractivity contribution is 7.80. The first-order valence-corrected chi connectivity index (χ1v) is 4.15. The molecule has 0 radical (unpaired) electrons. The molecule has 1 atom stereocenters. The van der Waals surface area contributed by atoms with Crippen LogP contribution in [-0.2, 0) is 4.79 Å². The van der Waals surface area contributed by atoms with Gasteiger partial charge in [-0.3, -0.25) is 4.79 Å². The monoisotopic (exact) mass is 186 g/mol. The van der Waals surface area contributed by atoms with Gasteiger partial charge in [0.2, 0.25) is 0 Å². The summed E-state index contributed by atoms with van der Waals surface area (Å²) in [6.07, 6.45) is 2.17. The van der Waals surface area contributed by atoms with Crippen molar-refractivity contribution in [1.29, 1.82) is 0 Å². The number of carboxylic acids is 1. The standard InChI is InChI=1S/C8H10O3S/c9-8(10)4-3-7(12)6-2-1-5-11-6/h1-2,5,7,12H,3-4H2,(H,9,10). The van der Waals surface area contributed by atoms with E-state index in [-0.39, 0.29) is 11.7 Å². The molecule has 1 heterocycles. The molecule has 1 N–H and O–H groups in total. The van der Waals surface area contributed by atoms with Gasteiger partial charge in [0, 0.05) is 6.42 Å². The second kappa shape index (κ2) is 4.21. The van der Waals surface area contributed by atoms with Crippen LogP contribution in [0.3, 0.4) is 0 Å². The first-order chi connectivity index (χ1) is 5.70. The minimum Gasteiger partial charge on any atom is -0.481 e. The zero-order valence-electron chi connectivity index (χ0n) is 6.43. The largest absolute Gasteiger partial charge is 0.481 e. The number of furan rings is 1. The molecule has 0 fully saturated rings. The Kier molecular flexibility index (Phi) is 3.22. The van der Waals surface area contributed by atoms with Gasteiger partial charge < -0.3 is 9.52 Å². The first kappa shape index (κ1) is 9.19. The van der Waals surface area contributed by atoms with E-state index in [2.05, 4.69) is 12.6 Å². The van der Waals surface area contributed by atoms with Crippen molar-refractivity contribution in [3.63, 3.8) is 0 Å². The van der Waals surface area contributed by atoms with Crippen molar-refractivity contribution in [2.75, 3.05) is 0 Å². The van der Waals surface area contributed by atoms with Crippen molar-refractivity contribution in [1.82, 2.24) is 0 Å². The summed E-state index contributed by atoms with van der Waals surface area (Å²) in [4.78, 5) is 10.2. The fourth-order valence-corrected chi connectivity index (χ4v) is 1.16. The lowest BCUT2D eigenvalue weighted by Crippen LogP contribution is -1.97. The smallest absolute Gasteiger partial charge is 0.303 e. The van der Waals surface area contributed by atoms with Gasteiger partial charge in [-0.05, 0) is 18.6 Å². The maximum atomic E-state index is 10.2. The summed E-state index contributed by atoms with van der Waals surface area (Å²) in [7, 11) is 0. The topological polar surface area (TPSA) is 50.4 Å². The average molecular weight is 186 g/mol. The van der Waals surface area contributed by atoms with Gasteiger partial charge in [0.05, 0.1) is 11.5 Å². The molecule has 0 saturated heterocycles. The Labute approximate surface area is 75.8 Å². The van der Waals surface area contributed by atoms with Crippen LogP contribution in [0.1, 0.15) is 23.9 Å². The summed E-state index contributed by atoms with van der Waals surface area (Å²) in [5.74, 6) is -0.0832. The van der Waals surface area contributed by atoms with E-state index >= 15 is 0 Å². The van der Waals surface area contributed by atoms with E-state index in [1.165, 1.54) is 0 Å². The van der Waals surface area contributed by atoms with Crippen molar-refractivity contribution in [2.45, 2.75) is 18.1 Å². The van der Waals surface area contributed by atoms with Crippen LogP contribution in [0.25, 0.3) is 0 Å². The van der Waals surface area contributed by atoms with Crippen LogP contribution in [0.2, 0.25) is 0 Å². The van der Waals surface area contributed by atoms with E-state index in [1.807, 2.05) is 0 Å². The van der Waals surface area contributed by atoms with Gasteiger partial charge in [-0.25, -0.2) is 0 Å². The SMILES string of the molecule is O=C(O)CCC(S)c1ccco1. The maximum absolute atomic E-state index is 10.2. The third kappa shape index (κ3) is 2.62. The van der Waals surface area contributed by atoms with Crippen LogP contribution in [0, 0.1) is 0 Å². The molecule has 1 rings (SSSR count). The molecule has 1 unspecified atom stereocenters. The summed E-state index contributed by atoms with van der Waals surface area (Å²) in [6, 6.07) is 3.55. The molecule has 0 spiro atoms. The van der Waals surface area contributed by atoms with Crippen LogP contribution in [-0.4, -0.2) is 11.1 Å². The zero-order valence-corrected chi connectivity index (χ0v) is 7.33. The highest BCUT2D eigenvalue weighted by atomic mass is 32.1. The van der Waals surface area contributed by atoms with Gasteiger partial charge in [0.1, 0.15) is 5.76 Å². The normalized spacial score (nSPS) is 12.8. The number of thiol groups is 1. The number of rotatable bonds is 4. The van der Waals surface area contributed by atoms with Crippen molar-refractivity contribution in [2.24, 2.45) is 0 Å². The van der Waals surface area contributed by atoms with Gasteiger partial charge in [-0.1, -0.05) is 0 Å². The number of hydrogen-bond acceptors (Lipinski definition) is 3. The molecule has 66 valence electrons. The Bertz CT molecular complexity index is 243. The molecular formula is C8H10O3S. The predicted molar refractivity (Wildman–Crippen MR) is 47.3 cm³/mol. The van der Waals surface area contributed by atoms with Gasteiger partial charge in [0.25, 0.3) is 0 Å². The van der Waals surface area contributed by atoms with Crippen LogP contribution < -0.4 is 0 Å². The van der Waals surface area contributed by atoms with E-state index in [4.69, 9.17) is 9.52 Å². The maximum Gasteiger partial charge on any atom is 0.303 e. The lowest BCUT2D eigenvalue weighted by atomic mass is 10.2. The van der Waals surface area contributed by atoms with Crippen LogP contribution >= 0.6 is 12.6 Å². The van der Waals surface area contributed by atoms with Gasteiger partial charge in [-0.15, -0.1) is 0 Å². The number of hydrogen-bond donors (Lipinski definition) is 2. The Morgan fingerprint density at radius 2 is 2.50 bits per heavy atom. The van der Waals surface area contributed by atoms with E-state index in [0.29, 0.717) is 6.42 Å². The van der Waals surface area contributed by atoms with Crippen LogP contribution in [0.5, 0.6) is 0 Å². The molecule has 3 nitrogen and oxygen atoms in total. The lowest BCUT2D eigenvalue weighted by Gasteiger charge is -2.03. The van der Waals surface area contributed by atoms with Crippen molar-refractivity contribution >= 4 is 18.6 Å². The molecule has 0 aromatic carbocycles. The summed E-state index contributed by atoms with van der Waals surface area (Å²) in [6.45, 7) is 0. The zero-order chi connectivity index (χ0) is 8.97. The Morgan fingerprint density at radius 3 is 3.00 bits per heavy atom. The number of carboxylic acid groups (broad SMARTS) is 1. The van der Waals surface area contributed by atoms with Gasteiger partial charge in [-0.2, -0.15) is 12.6 Å². The molecule has 1 aromatic heterocycles. The van der Waals surface area contributed by atoms with E-state index in [1.54, 1.807) is 18.4 Å². The van der Waals surface area contributed by atoms with Gasteiger partial charge in [0.15, 0.2) is 0 Å². The molecular weight excluding hydrogens is 176 g/mol. The Balaban J connectivity index is 2.39. The lowest BCUT2D eigenvalue weighted by molar-refractivity contribution is -0.137. The van der Waals surface area contributed by atoms with E-state index in [0.717, 1.165) is 5.76 Å². The van der Waals surface area contributed by atoms with Crippen LogP contribution in [0.15, 0.2) is 22.8 Å². The Morgan fingerprint density at radius 1 is 1.75 bits per heavy atom. The minimum absolute atomic E-state index is 0.115. The molecule has 0 saturated carbocycles. The molecule has 0 aliphatic carbocycles. The van der Waals surface area contributed by atoms with Crippen molar-refractivity contribution in [3.8, 4) is 0 Å². The first-order valence-electron chi connectivity index (χ1n) is 3.63. The molecule has 0 aliphatic heterocycles. The average Bonchev–Trinajstić information content (AvgIpc) is 2.51. The van der Waals surface area contributed by atoms with E-state index < -0.39 is 5.97 Å². The molecule has 0 aliphatic rings. The summed E-state index contributed by atoms with van der Waals surface area (Å²) in [5.41, 5.74) is 0. The second-order valence-electron chi connectivity index (χ2n) is 2.46. The van der Waals surface area contributed by atoms with Crippen LogP contribution in [0.4, 0.5) is 0 Å². The number of aliphatic carboxylic acids is 1. The fourth-order valence-electron chi connectivity index (χ4n) is 0.883. The summed E-state index contributed by atoms with van der Waals surface area (Å²) in [5, 5.41) is 8.28. The highest BCUT2D eigenvalue weighted by Crippen LogP contribution is 2.24. The molecule has 1 aromatic rings. The quantitative estimate of drug-likeness (QED) is 0.708. The third-order valence-corrected chi connectivity index (χ3v) is 2.02. The minimum atomic E-state index is -0.805. The Hall–Kier alpha value is -0.900. The number of carbonyl (C=O) groups is 1. The highest BCUT2D eigenvalue weighted by Gasteiger charge is 2.10. The molecule has 0 amide bonds. The molecule has 0 bridgehead atoms. The summed E-state index contributed by atoms with van der Waals surface area (Å²) < 4.78 is 5.06. The second-order valence-corrected chi connectivity index (χ2v) is 3.09.